The quantitative estimate of drug-likeness (QED) is 0.329. The monoisotopic (exact) mass is 509 g/mol. The number of aryl methyl sites for hydroxylation is 1. The van der Waals surface area contributed by atoms with Gasteiger partial charge in [-0.05, 0) is 49.1 Å². The van der Waals surface area contributed by atoms with Crippen molar-refractivity contribution in [3.05, 3.63) is 81.9 Å². The van der Waals surface area contributed by atoms with E-state index in [1.165, 1.54) is 12.3 Å². The number of primary amides is 1. The van der Waals surface area contributed by atoms with Gasteiger partial charge in [0.1, 0.15) is 5.82 Å². The standard InChI is InChI=1S/C28H29ClFN3O3/c1-16-7-5-12-21(30)24(16)25-20(15-32-26(25)27(35)17-8-3-2-4-9-17)28(36)33-22(14-23(31)34)18-10-6-11-19(29)13-18/h5-7,10-13,15,17,22,32H,2-4,8-9,14H2,1H3,(H2,31,34)(H,33,36)/t22-/m0/s1. The predicted octanol–water partition coefficient (Wildman–Crippen LogP) is 5.89. The van der Waals surface area contributed by atoms with Crippen LogP contribution in [0.25, 0.3) is 11.1 Å². The van der Waals surface area contributed by atoms with E-state index in [1.54, 1.807) is 43.3 Å². The Morgan fingerprint density at radius 1 is 1.11 bits per heavy atom. The van der Waals surface area contributed by atoms with E-state index in [2.05, 4.69) is 10.3 Å². The molecule has 188 valence electrons. The van der Waals surface area contributed by atoms with Gasteiger partial charge in [0.25, 0.3) is 5.91 Å². The number of H-pyrrole nitrogens is 1. The number of benzene rings is 2. The van der Waals surface area contributed by atoms with Crippen LogP contribution in [0.5, 0.6) is 0 Å². The van der Waals surface area contributed by atoms with E-state index in [9.17, 15) is 14.4 Å². The summed E-state index contributed by atoms with van der Waals surface area (Å²) in [7, 11) is 0. The van der Waals surface area contributed by atoms with Crippen LogP contribution in [0.3, 0.4) is 0 Å². The van der Waals surface area contributed by atoms with Crippen LogP contribution >= 0.6 is 11.6 Å². The number of aromatic nitrogens is 1. The fourth-order valence-electron chi connectivity index (χ4n) is 4.99. The van der Waals surface area contributed by atoms with Crippen LogP contribution < -0.4 is 11.1 Å². The maximum absolute atomic E-state index is 15.2. The van der Waals surface area contributed by atoms with Crippen LogP contribution in [-0.2, 0) is 4.79 Å². The lowest BCUT2D eigenvalue weighted by atomic mass is 9.83. The predicted molar refractivity (Wildman–Crippen MR) is 137 cm³/mol. The average molecular weight is 510 g/mol. The van der Waals surface area contributed by atoms with Crippen molar-refractivity contribution in [2.75, 3.05) is 0 Å². The Hall–Kier alpha value is -3.45. The van der Waals surface area contributed by atoms with Gasteiger partial charge in [0, 0.05) is 28.3 Å². The molecule has 0 saturated heterocycles. The van der Waals surface area contributed by atoms with E-state index >= 15 is 4.39 Å². The summed E-state index contributed by atoms with van der Waals surface area (Å²) in [5.74, 6) is -1.97. The SMILES string of the molecule is Cc1cccc(F)c1-c1c(C(=O)N[C@@H](CC(N)=O)c2cccc(Cl)c2)c[nH]c1C(=O)C1CCCCC1. The molecule has 1 aromatic heterocycles. The molecule has 36 heavy (non-hydrogen) atoms. The number of halogens is 2. The highest BCUT2D eigenvalue weighted by molar-refractivity contribution is 6.30. The highest BCUT2D eigenvalue weighted by Crippen LogP contribution is 2.36. The van der Waals surface area contributed by atoms with E-state index in [4.69, 9.17) is 17.3 Å². The fraction of sp³-hybridized carbons (Fsp3) is 0.321. The normalized spacial score (nSPS) is 14.9. The van der Waals surface area contributed by atoms with Gasteiger partial charge in [-0.3, -0.25) is 14.4 Å². The lowest BCUT2D eigenvalue weighted by Gasteiger charge is -2.21. The molecule has 2 amide bonds. The average Bonchev–Trinajstić information content (AvgIpc) is 3.28. The van der Waals surface area contributed by atoms with E-state index in [0.717, 1.165) is 32.1 Å². The van der Waals surface area contributed by atoms with Gasteiger partial charge in [-0.1, -0.05) is 55.1 Å². The zero-order valence-electron chi connectivity index (χ0n) is 20.1. The first kappa shape index (κ1) is 25.6. The molecule has 4 N–H and O–H groups in total. The fourth-order valence-corrected chi connectivity index (χ4v) is 5.19. The van der Waals surface area contributed by atoms with Crippen molar-refractivity contribution in [3.63, 3.8) is 0 Å². The highest BCUT2D eigenvalue weighted by Gasteiger charge is 2.31. The summed E-state index contributed by atoms with van der Waals surface area (Å²) in [4.78, 5) is 41.8. The summed E-state index contributed by atoms with van der Waals surface area (Å²) in [5, 5.41) is 3.28. The number of nitrogens with two attached hydrogens (primary N) is 1. The van der Waals surface area contributed by atoms with Gasteiger partial charge in [0.15, 0.2) is 5.78 Å². The maximum Gasteiger partial charge on any atom is 0.253 e. The van der Waals surface area contributed by atoms with Gasteiger partial charge in [0.05, 0.1) is 23.7 Å². The lowest BCUT2D eigenvalue weighted by Crippen LogP contribution is -2.32. The van der Waals surface area contributed by atoms with Gasteiger partial charge in [-0.2, -0.15) is 0 Å². The van der Waals surface area contributed by atoms with Crippen LogP contribution in [0.15, 0.2) is 48.7 Å². The van der Waals surface area contributed by atoms with Crippen molar-refractivity contribution in [1.82, 2.24) is 10.3 Å². The Kier molecular flexibility index (Phi) is 7.89. The van der Waals surface area contributed by atoms with Crippen LogP contribution in [0.4, 0.5) is 4.39 Å². The Morgan fingerprint density at radius 2 is 1.83 bits per heavy atom. The Morgan fingerprint density at radius 3 is 2.50 bits per heavy atom. The van der Waals surface area contributed by atoms with Crippen molar-refractivity contribution in [3.8, 4) is 11.1 Å². The second-order valence-corrected chi connectivity index (χ2v) is 9.77. The third-order valence-corrected chi connectivity index (χ3v) is 7.02. The molecule has 1 aliphatic rings. The molecular formula is C28H29ClFN3O3. The molecule has 0 bridgehead atoms. The van der Waals surface area contributed by atoms with Crippen LogP contribution in [0.1, 0.15) is 76.5 Å². The number of carbonyl (C=O) groups is 3. The van der Waals surface area contributed by atoms with Gasteiger partial charge in [-0.15, -0.1) is 0 Å². The molecule has 3 aromatic rings. The summed E-state index contributed by atoms with van der Waals surface area (Å²) in [6.45, 7) is 1.74. The van der Waals surface area contributed by atoms with Crippen LogP contribution in [0, 0.1) is 18.7 Å². The number of ketones is 1. The Bertz CT molecular complexity index is 1280. The first-order valence-corrected chi connectivity index (χ1v) is 12.5. The number of aromatic amines is 1. The Balaban J connectivity index is 1.77. The molecule has 2 aromatic carbocycles. The number of Topliss-reactive ketones (excluding diaryl/α,β-unsaturated/α-hetero) is 1. The molecule has 0 spiro atoms. The van der Waals surface area contributed by atoms with Gasteiger partial charge in [-0.25, -0.2) is 4.39 Å². The van der Waals surface area contributed by atoms with Gasteiger partial charge in [0.2, 0.25) is 5.91 Å². The number of amides is 2. The number of rotatable bonds is 8. The molecule has 1 aliphatic carbocycles. The lowest BCUT2D eigenvalue weighted by molar-refractivity contribution is -0.118. The molecule has 1 heterocycles. The van der Waals surface area contributed by atoms with Crippen molar-refractivity contribution >= 4 is 29.2 Å². The molecule has 8 heteroatoms. The molecule has 1 fully saturated rings. The molecule has 0 aliphatic heterocycles. The topological polar surface area (TPSA) is 105 Å². The van der Waals surface area contributed by atoms with Crippen LogP contribution in [-0.4, -0.2) is 22.6 Å². The molecule has 4 rings (SSSR count). The van der Waals surface area contributed by atoms with Crippen LogP contribution in [0.2, 0.25) is 5.02 Å². The summed E-state index contributed by atoms with van der Waals surface area (Å²) in [5.41, 5.74) is 7.45. The number of hydrogen-bond acceptors (Lipinski definition) is 3. The zero-order chi connectivity index (χ0) is 25.8. The third-order valence-electron chi connectivity index (χ3n) is 6.78. The summed E-state index contributed by atoms with van der Waals surface area (Å²) in [6, 6.07) is 10.7. The highest BCUT2D eigenvalue weighted by atomic mass is 35.5. The van der Waals surface area contributed by atoms with Crippen molar-refractivity contribution in [2.24, 2.45) is 11.7 Å². The first-order chi connectivity index (χ1) is 17.3. The largest absolute Gasteiger partial charge is 0.370 e. The third kappa shape index (κ3) is 5.51. The summed E-state index contributed by atoms with van der Waals surface area (Å²) >= 11 is 6.12. The second-order valence-electron chi connectivity index (χ2n) is 9.33. The number of carbonyl (C=O) groups excluding carboxylic acids is 3. The maximum atomic E-state index is 15.2. The summed E-state index contributed by atoms with van der Waals surface area (Å²) < 4.78 is 15.2. The molecule has 0 radical (unpaired) electrons. The number of hydrogen-bond donors (Lipinski definition) is 3. The van der Waals surface area contributed by atoms with E-state index in [-0.39, 0.29) is 40.5 Å². The first-order valence-electron chi connectivity index (χ1n) is 12.1. The van der Waals surface area contributed by atoms with E-state index < -0.39 is 23.7 Å². The molecule has 1 atom stereocenters. The molecular weight excluding hydrogens is 481 g/mol. The second kappa shape index (κ2) is 11.1. The summed E-state index contributed by atoms with van der Waals surface area (Å²) in [6.07, 6.45) is 5.84. The zero-order valence-corrected chi connectivity index (χ0v) is 20.8. The minimum Gasteiger partial charge on any atom is -0.370 e. The smallest absolute Gasteiger partial charge is 0.253 e. The molecule has 6 nitrogen and oxygen atoms in total. The van der Waals surface area contributed by atoms with Gasteiger partial charge < -0.3 is 16.0 Å². The minimum absolute atomic E-state index is 0.116. The molecule has 1 saturated carbocycles. The van der Waals surface area contributed by atoms with Crippen molar-refractivity contribution in [1.29, 1.82) is 0 Å². The van der Waals surface area contributed by atoms with Gasteiger partial charge >= 0.3 is 0 Å². The van der Waals surface area contributed by atoms with E-state index in [0.29, 0.717) is 16.1 Å². The molecule has 0 unspecified atom stereocenters. The van der Waals surface area contributed by atoms with Crippen molar-refractivity contribution < 1.29 is 18.8 Å². The number of nitrogens with one attached hydrogen (secondary N) is 2. The Labute approximate surface area is 214 Å². The minimum atomic E-state index is -0.754. The van der Waals surface area contributed by atoms with E-state index in [1.807, 2.05) is 0 Å². The van der Waals surface area contributed by atoms with Crippen molar-refractivity contribution in [2.45, 2.75) is 51.5 Å².